The van der Waals surface area contributed by atoms with Crippen LogP contribution in [0.1, 0.15) is 99.8 Å². The Labute approximate surface area is 135 Å². The number of hydrogen-bond donors (Lipinski definition) is 0. The molecule has 124 valence electrons. The van der Waals surface area contributed by atoms with Crippen molar-refractivity contribution in [3.05, 3.63) is 0 Å². The van der Waals surface area contributed by atoms with Crippen molar-refractivity contribution in [1.82, 2.24) is 0 Å². The molecule has 0 N–H and O–H groups in total. The van der Waals surface area contributed by atoms with Crippen molar-refractivity contribution in [2.75, 3.05) is 0 Å². The van der Waals surface area contributed by atoms with Crippen LogP contribution in [0, 0.1) is 23.2 Å². The summed E-state index contributed by atoms with van der Waals surface area (Å²) < 4.78 is 0. The maximum absolute atomic E-state index is 2.43. The number of halogens is 1. The Morgan fingerprint density at radius 3 is 1.30 bits per heavy atom. The molecule has 0 fully saturated rings. The first kappa shape index (κ1) is 22.6. The summed E-state index contributed by atoms with van der Waals surface area (Å²) in [5.41, 5.74) is 0.545. The normalized spacial score (nSPS) is 12.3. The van der Waals surface area contributed by atoms with E-state index < -0.39 is 0 Å². The van der Waals surface area contributed by atoms with Crippen molar-refractivity contribution < 1.29 is 0 Å². The summed E-state index contributed by atoms with van der Waals surface area (Å²) in [5.74, 6) is 2.40. The molecule has 1 heteroatoms. The molecule has 0 spiro atoms. The topological polar surface area (TPSA) is 0 Å². The molecule has 20 heavy (non-hydrogen) atoms. The fourth-order valence-corrected chi connectivity index (χ4v) is 4.25. The van der Waals surface area contributed by atoms with Crippen LogP contribution in [0.2, 0.25) is 0 Å². The van der Waals surface area contributed by atoms with Gasteiger partial charge in [-0.1, -0.05) is 93.4 Å². The first-order valence-electron chi connectivity index (χ1n) is 8.89. The fourth-order valence-electron chi connectivity index (χ4n) is 4.25. The summed E-state index contributed by atoms with van der Waals surface area (Å²) in [7, 11) is 0. The van der Waals surface area contributed by atoms with Gasteiger partial charge in [0, 0.05) is 0 Å². The van der Waals surface area contributed by atoms with E-state index >= 15 is 0 Å². The molecule has 0 bridgehead atoms. The molecule has 0 aromatic heterocycles. The van der Waals surface area contributed by atoms with Gasteiger partial charge in [0.1, 0.15) is 0 Å². The minimum absolute atomic E-state index is 0. The highest BCUT2D eigenvalue weighted by atomic mass is 35.5. The van der Waals surface area contributed by atoms with Crippen LogP contribution >= 0.6 is 12.4 Å². The van der Waals surface area contributed by atoms with Gasteiger partial charge < -0.3 is 0 Å². The van der Waals surface area contributed by atoms with E-state index in [2.05, 4.69) is 48.5 Å². The van der Waals surface area contributed by atoms with E-state index in [1.54, 1.807) is 0 Å². The number of rotatable bonds is 11. The maximum Gasteiger partial charge on any atom is -0.0228 e. The number of unbranched alkanes of at least 4 members (excludes halogenated alkanes) is 6. The van der Waals surface area contributed by atoms with Gasteiger partial charge in [0.2, 0.25) is 0 Å². The Morgan fingerprint density at radius 1 is 0.600 bits per heavy atom. The summed E-state index contributed by atoms with van der Waals surface area (Å²) >= 11 is 0. The Morgan fingerprint density at radius 2 is 0.950 bits per heavy atom. The van der Waals surface area contributed by atoms with Crippen molar-refractivity contribution in [2.45, 2.75) is 99.8 Å². The van der Waals surface area contributed by atoms with Crippen molar-refractivity contribution >= 4 is 12.4 Å². The van der Waals surface area contributed by atoms with Gasteiger partial charge in [0.05, 0.1) is 0 Å². The number of hydrogen-bond acceptors (Lipinski definition) is 0. The smallest absolute Gasteiger partial charge is 0.0228 e. The van der Waals surface area contributed by atoms with Crippen molar-refractivity contribution in [1.29, 1.82) is 0 Å². The van der Waals surface area contributed by atoms with Crippen LogP contribution in [0.3, 0.4) is 0 Å². The second kappa shape index (κ2) is 11.9. The third-order valence-corrected chi connectivity index (χ3v) is 5.44. The zero-order valence-corrected chi connectivity index (χ0v) is 16.1. The van der Waals surface area contributed by atoms with E-state index in [1.165, 1.54) is 51.4 Å². The molecule has 0 aliphatic carbocycles. The van der Waals surface area contributed by atoms with E-state index in [0.29, 0.717) is 5.41 Å². The zero-order chi connectivity index (χ0) is 14.9. The Bertz CT molecular complexity index is 184. The summed E-state index contributed by atoms with van der Waals surface area (Å²) in [6.45, 7) is 16.9. The average Bonchev–Trinajstić information content (AvgIpc) is 2.31. The quantitative estimate of drug-likeness (QED) is 0.346. The SMILES string of the molecule is CCCCCCCCCC(C(C)C)(C(C)C)C(C)C.Cl. The highest BCUT2D eigenvalue weighted by Crippen LogP contribution is 2.47. The highest BCUT2D eigenvalue weighted by molar-refractivity contribution is 5.85. The predicted octanol–water partition coefficient (Wildman–Crippen LogP) is 7.50. The van der Waals surface area contributed by atoms with Gasteiger partial charge in [-0.25, -0.2) is 0 Å². The van der Waals surface area contributed by atoms with Crippen LogP contribution in [0.15, 0.2) is 0 Å². The molecule has 0 atom stereocenters. The molecule has 0 heterocycles. The Balaban J connectivity index is 0. The van der Waals surface area contributed by atoms with E-state index in [4.69, 9.17) is 0 Å². The van der Waals surface area contributed by atoms with E-state index in [1.807, 2.05) is 0 Å². The third kappa shape index (κ3) is 6.83. The molecular formula is C19H41Cl. The lowest BCUT2D eigenvalue weighted by molar-refractivity contribution is 0.0356. The molecule has 0 unspecified atom stereocenters. The Hall–Kier alpha value is 0.290. The molecular weight excluding hydrogens is 264 g/mol. The molecule has 0 amide bonds. The van der Waals surface area contributed by atoms with Gasteiger partial charge in [-0.2, -0.15) is 0 Å². The van der Waals surface area contributed by atoms with Crippen LogP contribution in [0.4, 0.5) is 0 Å². The summed E-state index contributed by atoms with van der Waals surface area (Å²) in [4.78, 5) is 0. The van der Waals surface area contributed by atoms with Gasteiger partial charge in [0.25, 0.3) is 0 Å². The molecule has 0 rings (SSSR count). The van der Waals surface area contributed by atoms with E-state index in [9.17, 15) is 0 Å². The van der Waals surface area contributed by atoms with Gasteiger partial charge in [-0.05, 0) is 29.6 Å². The minimum Gasteiger partial charge on any atom is -0.147 e. The summed E-state index contributed by atoms with van der Waals surface area (Å²) in [5, 5.41) is 0. The summed E-state index contributed by atoms with van der Waals surface area (Å²) in [6.07, 6.45) is 11.4. The lowest BCUT2D eigenvalue weighted by Gasteiger charge is -2.45. The molecule has 0 aliphatic rings. The molecule has 0 aromatic rings. The zero-order valence-electron chi connectivity index (χ0n) is 15.3. The van der Waals surface area contributed by atoms with E-state index in [0.717, 1.165) is 17.8 Å². The van der Waals surface area contributed by atoms with Gasteiger partial charge >= 0.3 is 0 Å². The van der Waals surface area contributed by atoms with Crippen LogP contribution in [0.5, 0.6) is 0 Å². The van der Waals surface area contributed by atoms with Gasteiger partial charge in [-0.3, -0.25) is 0 Å². The Kier molecular flexibility index (Phi) is 13.4. The second-order valence-corrected chi connectivity index (χ2v) is 7.45. The van der Waals surface area contributed by atoms with Crippen LogP contribution in [-0.2, 0) is 0 Å². The standard InChI is InChI=1S/C19H40.ClH/c1-8-9-10-11-12-13-14-15-19(16(2)3,17(4)5)18(6)7;/h16-18H,8-15H2,1-7H3;1H. The first-order valence-corrected chi connectivity index (χ1v) is 8.89. The molecule has 0 saturated carbocycles. The van der Waals surface area contributed by atoms with Gasteiger partial charge in [-0.15, -0.1) is 12.4 Å². The van der Waals surface area contributed by atoms with Crippen LogP contribution in [0.25, 0.3) is 0 Å². The van der Waals surface area contributed by atoms with Crippen molar-refractivity contribution in [3.63, 3.8) is 0 Å². The maximum atomic E-state index is 2.43. The fraction of sp³-hybridized carbons (Fsp3) is 1.00. The van der Waals surface area contributed by atoms with Crippen molar-refractivity contribution in [2.24, 2.45) is 23.2 Å². The highest BCUT2D eigenvalue weighted by Gasteiger charge is 2.39. The molecule has 0 aliphatic heterocycles. The molecule has 0 saturated heterocycles. The third-order valence-electron chi connectivity index (χ3n) is 5.44. The summed E-state index contributed by atoms with van der Waals surface area (Å²) in [6, 6.07) is 0. The van der Waals surface area contributed by atoms with Crippen molar-refractivity contribution in [3.8, 4) is 0 Å². The lowest BCUT2D eigenvalue weighted by atomic mass is 9.60. The van der Waals surface area contributed by atoms with Crippen LogP contribution < -0.4 is 0 Å². The second-order valence-electron chi connectivity index (χ2n) is 7.45. The lowest BCUT2D eigenvalue weighted by Crippen LogP contribution is -2.38. The van der Waals surface area contributed by atoms with Crippen LogP contribution in [-0.4, -0.2) is 0 Å². The largest absolute Gasteiger partial charge is 0.147 e. The monoisotopic (exact) mass is 304 g/mol. The van der Waals surface area contributed by atoms with Gasteiger partial charge in [0.15, 0.2) is 0 Å². The predicted molar refractivity (Wildman–Crippen MR) is 96.8 cm³/mol. The molecule has 0 aromatic carbocycles. The minimum atomic E-state index is 0. The van der Waals surface area contributed by atoms with E-state index in [-0.39, 0.29) is 12.4 Å². The first-order chi connectivity index (χ1) is 8.89. The average molecular weight is 305 g/mol. The molecule has 0 nitrogen and oxygen atoms in total. The molecule has 0 radical (unpaired) electrons.